The fraction of sp³-hybridized carbons (Fsp3) is 0.500. The van der Waals surface area contributed by atoms with E-state index in [0.29, 0.717) is 6.29 Å². The van der Waals surface area contributed by atoms with Gasteiger partial charge in [0.25, 0.3) is 0 Å². The summed E-state index contributed by atoms with van der Waals surface area (Å²) in [6.45, 7) is 1.18. The highest BCUT2D eigenvalue weighted by Gasteiger charge is 2.00. The molecule has 46 valence electrons. The SMILES string of the molecule is CC(=O)OC(N)C=O. The maximum atomic E-state index is 9.95. The van der Waals surface area contributed by atoms with Crippen molar-refractivity contribution in [2.24, 2.45) is 5.73 Å². The van der Waals surface area contributed by atoms with Crippen LogP contribution in [-0.4, -0.2) is 18.5 Å². The molecule has 1 atom stereocenters. The third kappa shape index (κ3) is 3.30. The molecule has 0 radical (unpaired) electrons. The number of aldehydes is 1. The van der Waals surface area contributed by atoms with Crippen LogP contribution in [-0.2, 0) is 14.3 Å². The highest BCUT2D eigenvalue weighted by Crippen LogP contribution is 1.76. The van der Waals surface area contributed by atoms with Gasteiger partial charge in [0, 0.05) is 6.92 Å². The van der Waals surface area contributed by atoms with Crippen LogP contribution in [0.4, 0.5) is 0 Å². The molecular weight excluding hydrogens is 110 g/mol. The Balaban J connectivity index is 3.38. The monoisotopic (exact) mass is 117 g/mol. The van der Waals surface area contributed by atoms with E-state index in [1.807, 2.05) is 0 Å². The van der Waals surface area contributed by atoms with E-state index in [1.54, 1.807) is 0 Å². The molecule has 0 aromatic heterocycles. The molecule has 8 heavy (non-hydrogen) atoms. The highest BCUT2D eigenvalue weighted by molar-refractivity contribution is 5.69. The van der Waals surface area contributed by atoms with E-state index < -0.39 is 12.2 Å². The Morgan fingerprint density at radius 1 is 1.88 bits per heavy atom. The number of rotatable bonds is 2. The topological polar surface area (TPSA) is 69.4 Å². The van der Waals surface area contributed by atoms with Crippen molar-refractivity contribution < 1.29 is 14.3 Å². The summed E-state index contributed by atoms with van der Waals surface area (Å²) in [4.78, 5) is 19.6. The minimum atomic E-state index is -1.10. The van der Waals surface area contributed by atoms with Crippen LogP contribution in [0, 0.1) is 0 Å². The normalized spacial score (nSPS) is 12.2. The third-order valence-corrected chi connectivity index (χ3v) is 0.436. The molecule has 0 aliphatic rings. The quantitative estimate of drug-likeness (QED) is 0.287. The highest BCUT2D eigenvalue weighted by atomic mass is 16.6. The van der Waals surface area contributed by atoms with E-state index in [4.69, 9.17) is 5.73 Å². The van der Waals surface area contributed by atoms with Crippen molar-refractivity contribution in [3.8, 4) is 0 Å². The largest absolute Gasteiger partial charge is 0.440 e. The molecular formula is C4H7NO3. The maximum absolute atomic E-state index is 9.95. The zero-order chi connectivity index (χ0) is 6.57. The molecule has 0 saturated carbocycles. The molecule has 0 rings (SSSR count). The summed E-state index contributed by atoms with van der Waals surface area (Å²) in [5.74, 6) is -0.551. The lowest BCUT2D eigenvalue weighted by Gasteiger charge is -2.00. The number of nitrogens with two attached hydrogens (primary N) is 1. The predicted octanol–water partition coefficient (Wildman–Crippen LogP) is -0.967. The molecule has 0 amide bonds. The van der Waals surface area contributed by atoms with Crippen LogP contribution in [0.25, 0.3) is 0 Å². The molecule has 0 saturated heterocycles. The zero-order valence-electron chi connectivity index (χ0n) is 4.46. The van der Waals surface area contributed by atoms with Crippen LogP contribution >= 0.6 is 0 Å². The number of esters is 1. The Morgan fingerprint density at radius 2 is 2.38 bits per heavy atom. The fourth-order valence-corrected chi connectivity index (χ4v) is 0.219. The van der Waals surface area contributed by atoms with Gasteiger partial charge in [-0.25, -0.2) is 0 Å². The Morgan fingerprint density at radius 3 is 2.50 bits per heavy atom. The van der Waals surface area contributed by atoms with E-state index in [-0.39, 0.29) is 0 Å². The summed E-state index contributed by atoms with van der Waals surface area (Å²) in [7, 11) is 0. The van der Waals surface area contributed by atoms with Crippen LogP contribution in [0.2, 0.25) is 0 Å². The van der Waals surface area contributed by atoms with Crippen LogP contribution in [0.1, 0.15) is 6.92 Å². The summed E-state index contributed by atoms with van der Waals surface area (Å²) >= 11 is 0. The van der Waals surface area contributed by atoms with Gasteiger partial charge in [-0.1, -0.05) is 0 Å². The molecule has 0 bridgehead atoms. The third-order valence-electron chi connectivity index (χ3n) is 0.436. The van der Waals surface area contributed by atoms with Gasteiger partial charge >= 0.3 is 5.97 Å². The van der Waals surface area contributed by atoms with Gasteiger partial charge < -0.3 is 4.74 Å². The molecule has 0 spiro atoms. The van der Waals surface area contributed by atoms with Gasteiger partial charge in [-0.2, -0.15) is 0 Å². The van der Waals surface area contributed by atoms with Gasteiger partial charge in [-0.05, 0) is 0 Å². The molecule has 4 heteroatoms. The van der Waals surface area contributed by atoms with E-state index in [1.165, 1.54) is 6.92 Å². The lowest BCUT2D eigenvalue weighted by Crippen LogP contribution is -2.27. The van der Waals surface area contributed by atoms with Crippen molar-refractivity contribution in [1.82, 2.24) is 0 Å². The van der Waals surface area contributed by atoms with Crippen LogP contribution in [0.3, 0.4) is 0 Å². The van der Waals surface area contributed by atoms with Crippen molar-refractivity contribution in [1.29, 1.82) is 0 Å². The van der Waals surface area contributed by atoms with Crippen LogP contribution in [0.5, 0.6) is 0 Å². The molecule has 0 aliphatic heterocycles. The zero-order valence-corrected chi connectivity index (χ0v) is 4.46. The average Bonchev–Trinajstić information content (AvgIpc) is 1.65. The minimum absolute atomic E-state index is 0.349. The van der Waals surface area contributed by atoms with Crippen molar-refractivity contribution in [2.75, 3.05) is 0 Å². The van der Waals surface area contributed by atoms with Crippen LogP contribution in [0.15, 0.2) is 0 Å². The van der Waals surface area contributed by atoms with Gasteiger partial charge in [-0.15, -0.1) is 0 Å². The fourth-order valence-electron chi connectivity index (χ4n) is 0.219. The smallest absolute Gasteiger partial charge is 0.304 e. The Hall–Kier alpha value is -0.900. The molecule has 0 aromatic carbocycles. The van der Waals surface area contributed by atoms with Gasteiger partial charge in [0.1, 0.15) is 0 Å². The second-order valence-electron chi connectivity index (χ2n) is 1.21. The average molecular weight is 117 g/mol. The first-order chi connectivity index (χ1) is 3.66. The second-order valence-corrected chi connectivity index (χ2v) is 1.21. The number of hydrogen-bond donors (Lipinski definition) is 1. The van der Waals surface area contributed by atoms with Crippen molar-refractivity contribution >= 4 is 12.3 Å². The number of carbonyl (C=O) groups excluding carboxylic acids is 2. The Kier molecular flexibility index (Phi) is 2.79. The second kappa shape index (κ2) is 3.15. The first kappa shape index (κ1) is 7.10. The minimum Gasteiger partial charge on any atom is -0.440 e. The number of ether oxygens (including phenoxy) is 1. The Bertz CT molecular complexity index is 101. The summed E-state index contributed by atoms with van der Waals surface area (Å²) < 4.78 is 4.17. The molecule has 0 aromatic rings. The van der Waals surface area contributed by atoms with Crippen LogP contribution < -0.4 is 5.73 Å². The number of hydrogen-bond acceptors (Lipinski definition) is 4. The Labute approximate surface area is 46.6 Å². The van der Waals surface area contributed by atoms with Crippen molar-refractivity contribution in [3.05, 3.63) is 0 Å². The summed E-state index contributed by atoms with van der Waals surface area (Å²) in [5.41, 5.74) is 4.86. The van der Waals surface area contributed by atoms with E-state index >= 15 is 0 Å². The van der Waals surface area contributed by atoms with E-state index in [2.05, 4.69) is 4.74 Å². The molecule has 1 unspecified atom stereocenters. The maximum Gasteiger partial charge on any atom is 0.304 e. The van der Waals surface area contributed by atoms with Crippen molar-refractivity contribution in [3.63, 3.8) is 0 Å². The van der Waals surface area contributed by atoms with Gasteiger partial charge in [-0.3, -0.25) is 15.3 Å². The predicted molar refractivity (Wildman–Crippen MR) is 25.8 cm³/mol. The first-order valence-corrected chi connectivity index (χ1v) is 2.05. The number of carbonyl (C=O) groups is 2. The molecule has 0 heterocycles. The molecule has 0 aliphatic carbocycles. The van der Waals surface area contributed by atoms with Crippen molar-refractivity contribution in [2.45, 2.75) is 13.2 Å². The van der Waals surface area contributed by atoms with Gasteiger partial charge in [0.05, 0.1) is 0 Å². The first-order valence-electron chi connectivity index (χ1n) is 2.05. The van der Waals surface area contributed by atoms with Gasteiger partial charge in [0.2, 0.25) is 6.23 Å². The lowest BCUT2D eigenvalue weighted by molar-refractivity contribution is -0.149. The summed E-state index contributed by atoms with van der Waals surface area (Å²) in [5, 5.41) is 0. The van der Waals surface area contributed by atoms with E-state index in [0.717, 1.165) is 0 Å². The van der Waals surface area contributed by atoms with E-state index in [9.17, 15) is 9.59 Å². The molecule has 2 N–H and O–H groups in total. The molecule has 0 fully saturated rings. The summed E-state index contributed by atoms with van der Waals surface area (Å²) in [6.07, 6.45) is -0.756. The standard InChI is InChI=1S/C4H7NO3/c1-3(7)8-4(5)2-6/h2,4H,5H2,1H3. The molecule has 4 nitrogen and oxygen atoms in total. The lowest BCUT2D eigenvalue weighted by atomic mass is 10.6. The summed E-state index contributed by atoms with van der Waals surface area (Å²) in [6, 6.07) is 0. The van der Waals surface area contributed by atoms with Gasteiger partial charge in [0.15, 0.2) is 6.29 Å².